The molecular weight excluding hydrogens is 913 g/mol. The molecule has 0 unspecified atom stereocenters. The topological polar surface area (TPSA) is 168 Å². The summed E-state index contributed by atoms with van der Waals surface area (Å²) in [6.45, 7) is -0.207. The van der Waals surface area contributed by atoms with Crippen LogP contribution in [-0.2, 0) is 38.9 Å². The van der Waals surface area contributed by atoms with E-state index in [0.29, 0.717) is 41.6 Å². The van der Waals surface area contributed by atoms with Crippen LogP contribution in [0.2, 0.25) is 0 Å². The predicted octanol–water partition coefficient (Wildman–Crippen LogP) is 10.1. The van der Waals surface area contributed by atoms with E-state index in [-0.39, 0.29) is 71.4 Å². The number of hydrogen-bond acceptors (Lipinski definition) is 11. The monoisotopic (exact) mass is 949 g/mol. The lowest BCUT2D eigenvalue weighted by atomic mass is 9.93. The van der Waals surface area contributed by atoms with Crippen molar-refractivity contribution in [3.05, 3.63) is 138 Å². The molecule has 13 nitrogen and oxygen atoms in total. The third kappa shape index (κ3) is 11.8. The summed E-state index contributed by atoms with van der Waals surface area (Å²) in [5, 5.41) is 10.1. The summed E-state index contributed by atoms with van der Waals surface area (Å²) in [6.07, 6.45) is -6.71. The number of nitriles is 1. The standard InChI is InChI=1S/C45H37F6N7O6S2/c46-44(47,48)35-8-4-7-31(21-35)32-9-11-40(64-39-12-10-37(23-34(39)25-52)66(61,62)56-42-54-28-55-65-42)38(24-32)33-13-17-53-36(22-33)26-58(43(60)63-27-30-5-2-1-3-6-30)20-16-29-14-18-57(19-15-29)41(59)45(49,50)51/h1-13,17,21-24,28-29H,14-16,18-20,26-27H2,(H,54,55,56). The van der Waals surface area contributed by atoms with Gasteiger partial charge in [0.25, 0.3) is 10.0 Å². The van der Waals surface area contributed by atoms with Gasteiger partial charge in [-0.2, -0.15) is 36.0 Å². The van der Waals surface area contributed by atoms with E-state index in [2.05, 4.69) is 19.1 Å². The molecule has 4 aromatic carbocycles. The Morgan fingerprint density at radius 1 is 0.864 bits per heavy atom. The number of nitrogens with one attached hydrogen (secondary N) is 1. The summed E-state index contributed by atoms with van der Waals surface area (Å²) in [4.78, 5) is 35.8. The number of aromatic nitrogens is 3. The minimum Gasteiger partial charge on any atom is -0.455 e. The first-order valence-corrected chi connectivity index (χ1v) is 22.3. The molecule has 7 rings (SSSR count). The van der Waals surface area contributed by atoms with Gasteiger partial charge < -0.3 is 19.3 Å². The van der Waals surface area contributed by atoms with Gasteiger partial charge in [-0.05, 0) is 102 Å². The molecule has 0 radical (unpaired) electrons. The fraction of sp³-hybridized carbons (Fsp3) is 0.244. The van der Waals surface area contributed by atoms with Crippen LogP contribution >= 0.6 is 11.5 Å². The fourth-order valence-corrected chi connectivity index (χ4v) is 8.87. The number of carbonyl (C=O) groups is 2. The molecular formula is C45H37F6N7O6S2. The van der Waals surface area contributed by atoms with Crippen LogP contribution in [0.5, 0.6) is 11.5 Å². The number of piperidine rings is 1. The Labute approximate surface area is 378 Å². The number of likely N-dealkylation sites (tertiary alicyclic amines) is 1. The van der Waals surface area contributed by atoms with Crippen LogP contribution < -0.4 is 9.46 Å². The maximum Gasteiger partial charge on any atom is 0.471 e. The predicted molar refractivity (Wildman–Crippen MR) is 229 cm³/mol. The van der Waals surface area contributed by atoms with Crippen molar-refractivity contribution in [1.82, 2.24) is 24.1 Å². The number of halogens is 6. The number of sulfonamides is 1. The van der Waals surface area contributed by atoms with Crippen molar-refractivity contribution in [2.75, 3.05) is 24.4 Å². The third-order valence-electron chi connectivity index (χ3n) is 10.6. The largest absolute Gasteiger partial charge is 0.471 e. The zero-order valence-electron chi connectivity index (χ0n) is 34.4. The minimum atomic E-state index is -4.98. The molecule has 2 amide bonds. The van der Waals surface area contributed by atoms with Crippen molar-refractivity contribution in [2.45, 2.75) is 49.7 Å². The highest BCUT2D eigenvalue weighted by atomic mass is 32.2. The van der Waals surface area contributed by atoms with Gasteiger partial charge in [-0.25, -0.2) is 18.2 Å². The Kier molecular flexibility index (Phi) is 14.2. The van der Waals surface area contributed by atoms with Crippen LogP contribution in [0.1, 0.15) is 41.6 Å². The Bertz CT molecular complexity index is 2830. The van der Waals surface area contributed by atoms with Crippen LogP contribution in [0, 0.1) is 17.2 Å². The van der Waals surface area contributed by atoms with Gasteiger partial charge in [0.15, 0.2) is 0 Å². The van der Waals surface area contributed by atoms with E-state index in [4.69, 9.17) is 9.47 Å². The highest BCUT2D eigenvalue weighted by Gasteiger charge is 2.43. The molecule has 1 aliphatic heterocycles. The number of rotatable bonds is 14. The van der Waals surface area contributed by atoms with Crippen molar-refractivity contribution in [2.24, 2.45) is 5.92 Å². The summed E-state index contributed by atoms with van der Waals surface area (Å²) in [5.74, 6) is -1.92. The molecule has 3 heterocycles. The van der Waals surface area contributed by atoms with E-state index >= 15 is 0 Å². The van der Waals surface area contributed by atoms with Crippen molar-refractivity contribution in [3.63, 3.8) is 0 Å². The Balaban J connectivity index is 1.19. The average Bonchev–Trinajstić information content (AvgIpc) is 3.82. The molecule has 1 aliphatic rings. The first kappa shape index (κ1) is 46.9. The van der Waals surface area contributed by atoms with Crippen molar-refractivity contribution >= 4 is 38.7 Å². The maximum atomic E-state index is 13.8. The lowest BCUT2D eigenvalue weighted by molar-refractivity contribution is -0.186. The number of carbonyl (C=O) groups excluding carboxylic acids is 2. The fourth-order valence-electron chi connectivity index (χ4n) is 7.18. The van der Waals surface area contributed by atoms with Gasteiger partial charge in [0.05, 0.1) is 28.3 Å². The molecule has 2 aromatic heterocycles. The number of anilines is 1. The second-order valence-electron chi connectivity index (χ2n) is 15.0. The minimum absolute atomic E-state index is 0.00517. The summed E-state index contributed by atoms with van der Waals surface area (Å²) < 4.78 is 125. The van der Waals surface area contributed by atoms with Crippen LogP contribution in [-0.4, -0.2) is 70.4 Å². The van der Waals surface area contributed by atoms with Crippen molar-refractivity contribution in [3.8, 4) is 39.8 Å². The number of alkyl halides is 6. The van der Waals surface area contributed by atoms with Gasteiger partial charge in [0.1, 0.15) is 30.5 Å². The van der Waals surface area contributed by atoms with Gasteiger partial charge in [-0.1, -0.05) is 48.5 Å². The summed E-state index contributed by atoms with van der Waals surface area (Å²) >= 11 is 0.810. The van der Waals surface area contributed by atoms with Crippen LogP contribution in [0.25, 0.3) is 22.3 Å². The first-order chi connectivity index (χ1) is 31.5. The van der Waals surface area contributed by atoms with E-state index in [1.54, 1.807) is 42.5 Å². The van der Waals surface area contributed by atoms with Gasteiger partial charge in [0.2, 0.25) is 5.13 Å². The molecule has 0 spiro atoms. The maximum absolute atomic E-state index is 13.8. The molecule has 342 valence electrons. The normalized spacial score (nSPS) is 13.4. The molecule has 0 saturated carbocycles. The van der Waals surface area contributed by atoms with Gasteiger partial charge >= 0.3 is 24.4 Å². The number of nitrogens with zero attached hydrogens (tertiary/aromatic N) is 6. The molecule has 0 atom stereocenters. The van der Waals surface area contributed by atoms with Gasteiger partial charge in [-0.3, -0.25) is 14.5 Å². The van der Waals surface area contributed by atoms with Crippen LogP contribution in [0.15, 0.2) is 121 Å². The lowest BCUT2D eigenvalue weighted by Gasteiger charge is -2.33. The highest BCUT2D eigenvalue weighted by molar-refractivity contribution is 7.93. The lowest BCUT2D eigenvalue weighted by Crippen LogP contribution is -2.45. The number of ether oxygens (including phenoxy) is 2. The molecule has 0 aliphatic carbocycles. The van der Waals surface area contributed by atoms with Crippen LogP contribution in [0.3, 0.4) is 0 Å². The van der Waals surface area contributed by atoms with Crippen molar-refractivity contribution < 1.29 is 53.8 Å². The van der Waals surface area contributed by atoms with Crippen LogP contribution in [0.4, 0.5) is 36.3 Å². The third-order valence-corrected chi connectivity index (χ3v) is 12.6. The van der Waals surface area contributed by atoms with E-state index < -0.39 is 39.9 Å². The average molecular weight is 950 g/mol. The molecule has 0 bridgehead atoms. The van der Waals surface area contributed by atoms with Gasteiger partial charge in [0, 0.05) is 42.9 Å². The number of benzene rings is 4. The molecule has 1 N–H and O–H groups in total. The summed E-state index contributed by atoms with van der Waals surface area (Å²) in [7, 11) is -4.19. The quantitative estimate of drug-likeness (QED) is 0.104. The number of hydrogen-bond donors (Lipinski definition) is 1. The van der Waals surface area contributed by atoms with E-state index in [1.165, 1.54) is 53.8 Å². The molecule has 1 saturated heterocycles. The molecule has 6 aromatic rings. The Morgan fingerprint density at radius 2 is 1.61 bits per heavy atom. The van der Waals surface area contributed by atoms with E-state index in [1.807, 2.05) is 12.1 Å². The van der Waals surface area contributed by atoms with E-state index in [9.17, 15) is 49.6 Å². The number of pyridine rings is 1. The second kappa shape index (κ2) is 20.0. The smallest absolute Gasteiger partial charge is 0.455 e. The highest BCUT2D eigenvalue weighted by Crippen LogP contribution is 2.40. The SMILES string of the molecule is N#Cc1cc(S(=O)(=O)Nc2ncns2)ccc1Oc1ccc(-c2cccc(C(F)(F)F)c2)cc1-c1ccnc(CN(CCC2CCN(C(=O)C(F)(F)F)CC2)C(=O)OCc2ccccc2)c1. The second-order valence-corrected chi connectivity index (χ2v) is 17.5. The zero-order chi connectivity index (χ0) is 47.1. The summed E-state index contributed by atoms with van der Waals surface area (Å²) in [5.41, 5.74) is 1.38. The zero-order valence-corrected chi connectivity index (χ0v) is 36.1. The van der Waals surface area contributed by atoms with Crippen molar-refractivity contribution in [1.29, 1.82) is 5.26 Å². The number of amides is 2. The summed E-state index contributed by atoms with van der Waals surface area (Å²) in [6, 6.07) is 27.1. The van der Waals surface area contributed by atoms with Gasteiger partial charge in [-0.15, -0.1) is 0 Å². The Morgan fingerprint density at radius 3 is 2.30 bits per heavy atom. The Hall–Kier alpha value is -7.05. The molecule has 1 fully saturated rings. The first-order valence-electron chi connectivity index (χ1n) is 20.1. The van der Waals surface area contributed by atoms with E-state index in [0.717, 1.165) is 40.2 Å². The molecule has 66 heavy (non-hydrogen) atoms. The molecule has 21 heteroatoms.